The summed E-state index contributed by atoms with van der Waals surface area (Å²) in [7, 11) is 0. The molecule has 1 heterocycles. The van der Waals surface area contributed by atoms with Crippen LogP contribution in [0.3, 0.4) is 0 Å². The normalized spacial score (nSPS) is 11.6. The molecule has 0 bridgehead atoms. The SMILES string of the molecule is CCn1c(SCC(=O)Nc2ccccc2[N+](=O)[O-])nnc1[C@H](C)NC(=O)c1cccc(C)c1. The van der Waals surface area contributed by atoms with Crippen LogP contribution in [0.15, 0.2) is 53.7 Å². The van der Waals surface area contributed by atoms with Crippen LogP contribution in [0.5, 0.6) is 0 Å². The van der Waals surface area contributed by atoms with Gasteiger partial charge in [0.2, 0.25) is 5.91 Å². The average Bonchev–Trinajstić information content (AvgIpc) is 3.21. The van der Waals surface area contributed by atoms with Gasteiger partial charge in [0.1, 0.15) is 5.69 Å². The summed E-state index contributed by atoms with van der Waals surface area (Å²) in [6, 6.07) is 12.9. The summed E-state index contributed by atoms with van der Waals surface area (Å²) in [4.78, 5) is 35.5. The fourth-order valence-corrected chi connectivity index (χ4v) is 4.02. The molecule has 1 atom stereocenters. The van der Waals surface area contributed by atoms with Crippen LogP contribution < -0.4 is 10.6 Å². The standard InChI is InChI=1S/C22H24N6O4S/c1-4-27-20(15(3)23-21(30)16-9-7-8-14(2)12-16)25-26-22(27)33-13-19(29)24-17-10-5-6-11-18(17)28(31)32/h5-12,15H,4,13H2,1-3H3,(H,23,30)(H,24,29)/t15-/m0/s1. The van der Waals surface area contributed by atoms with Crippen molar-refractivity contribution in [3.8, 4) is 0 Å². The molecule has 10 nitrogen and oxygen atoms in total. The summed E-state index contributed by atoms with van der Waals surface area (Å²) < 4.78 is 1.82. The van der Waals surface area contributed by atoms with Crippen LogP contribution in [0.25, 0.3) is 0 Å². The number of aromatic nitrogens is 3. The number of aryl methyl sites for hydroxylation is 1. The number of nitro benzene ring substituents is 1. The van der Waals surface area contributed by atoms with Gasteiger partial charge in [-0.05, 0) is 39.0 Å². The molecule has 0 spiro atoms. The zero-order valence-electron chi connectivity index (χ0n) is 18.4. The van der Waals surface area contributed by atoms with E-state index in [4.69, 9.17) is 0 Å². The lowest BCUT2D eigenvalue weighted by Gasteiger charge is -2.15. The van der Waals surface area contributed by atoms with E-state index in [-0.39, 0.29) is 23.0 Å². The monoisotopic (exact) mass is 468 g/mol. The third-order valence-electron chi connectivity index (χ3n) is 4.78. The van der Waals surface area contributed by atoms with Crippen LogP contribution in [0.1, 0.15) is 41.6 Å². The first-order valence-corrected chi connectivity index (χ1v) is 11.3. The second-order valence-electron chi connectivity index (χ2n) is 7.26. The molecule has 3 aromatic rings. The van der Waals surface area contributed by atoms with Gasteiger partial charge in [-0.25, -0.2) is 0 Å². The fraction of sp³-hybridized carbons (Fsp3) is 0.273. The molecule has 3 rings (SSSR count). The summed E-state index contributed by atoms with van der Waals surface area (Å²) in [5, 5.41) is 25.5. The number of para-hydroxylation sites is 2. The number of thioether (sulfide) groups is 1. The molecule has 0 fully saturated rings. The molecule has 0 radical (unpaired) electrons. The van der Waals surface area contributed by atoms with Gasteiger partial charge in [0.05, 0.1) is 16.7 Å². The highest BCUT2D eigenvalue weighted by Crippen LogP contribution is 2.25. The Labute approximate surface area is 194 Å². The van der Waals surface area contributed by atoms with Gasteiger partial charge in [0.15, 0.2) is 11.0 Å². The predicted octanol–water partition coefficient (Wildman–Crippen LogP) is 3.74. The van der Waals surface area contributed by atoms with Gasteiger partial charge in [-0.15, -0.1) is 10.2 Å². The molecule has 0 saturated heterocycles. The lowest BCUT2D eigenvalue weighted by molar-refractivity contribution is -0.383. The molecule has 33 heavy (non-hydrogen) atoms. The molecule has 2 N–H and O–H groups in total. The molecule has 11 heteroatoms. The molecular formula is C22H24N6O4S. The fourth-order valence-electron chi connectivity index (χ4n) is 3.21. The lowest BCUT2D eigenvalue weighted by atomic mass is 10.1. The smallest absolute Gasteiger partial charge is 0.292 e. The number of anilines is 1. The Bertz CT molecular complexity index is 1180. The number of nitro groups is 1. The number of hydrogen-bond donors (Lipinski definition) is 2. The summed E-state index contributed by atoms with van der Waals surface area (Å²) in [5.41, 5.74) is 1.52. The maximum Gasteiger partial charge on any atom is 0.292 e. The zero-order valence-corrected chi connectivity index (χ0v) is 19.3. The molecule has 0 saturated carbocycles. The Hall–Kier alpha value is -3.73. The Kier molecular flexibility index (Phi) is 7.78. The lowest BCUT2D eigenvalue weighted by Crippen LogP contribution is -2.28. The third kappa shape index (κ3) is 5.95. The number of benzene rings is 2. The zero-order chi connectivity index (χ0) is 24.0. The van der Waals surface area contributed by atoms with E-state index in [1.54, 1.807) is 12.1 Å². The van der Waals surface area contributed by atoms with Crippen molar-refractivity contribution >= 4 is 35.0 Å². The Morgan fingerprint density at radius 1 is 1.18 bits per heavy atom. The number of nitrogens with zero attached hydrogens (tertiary/aromatic N) is 4. The van der Waals surface area contributed by atoms with Crippen molar-refractivity contribution in [2.24, 2.45) is 0 Å². The molecule has 172 valence electrons. The van der Waals surface area contributed by atoms with Gasteiger partial charge >= 0.3 is 0 Å². The van der Waals surface area contributed by atoms with E-state index >= 15 is 0 Å². The number of carbonyl (C=O) groups is 2. The van der Waals surface area contributed by atoms with Crippen molar-refractivity contribution in [2.75, 3.05) is 11.1 Å². The number of rotatable bonds is 9. The van der Waals surface area contributed by atoms with Crippen molar-refractivity contribution < 1.29 is 14.5 Å². The van der Waals surface area contributed by atoms with Crippen molar-refractivity contribution in [3.63, 3.8) is 0 Å². The van der Waals surface area contributed by atoms with Gasteiger partial charge in [-0.3, -0.25) is 19.7 Å². The first-order chi connectivity index (χ1) is 15.8. The Balaban J connectivity index is 1.65. The second kappa shape index (κ2) is 10.7. The van der Waals surface area contributed by atoms with Gasteiger partial charge in [0, 0.05) is 18.2 Å². The Morgan fingerprint density at radius 3 is 2.64 bits per heavy atom. The summed E-state index contributed by atoms with van der Waals surface area (Å²) in [6.45, 7) is 6.20. The molecule has 2 amide bonds. The molecule has 0 aliphatic rings. The summed E-state index contributed by atoms with van der Waals surface area (Å²) in [6.07, 6.45) is 0. The minimum Gasteiger partial charge on any atom is -0.342 e. The summed E-state index contributed by atoms with van der Waals surface area (Å²) >= 11 is 1.16. The molecule has 1 aromatic heterocycles. The largest absolute Gasteiger partial charge is 0.342 e. The molecule has 2 aromatic carbocycles. The van der Waals surface area contributed by atoms with E-state index < -0.39 is 16.9 Å². The van der Waals surface area contributed by atoms with E-state index in [0.717, 1.165) is 17.3 Å². The highest BCUT2D eigenvalue weighted by atomic mass is 32.2. The van der Waals surface area contributed by atoms with Crippen molar-refractivity contribution in [1.29, 1.82) is 0 Å². The average molecular weight is 469 g/mol. The maximum atomic E-state index is 12.6. The quantitative estimate of drug-likeness (QED) is 0.278. The van der Waals surface area contributed by atoms with E-state index in [1.807, 2.05) is 43.5 Å². The summed E-state index contributed by atoms with van der Waals surface area (Å²) in [5.74, 6) is -0.0499. The number of hydrogen-bond acceptors (Lipinski definition) is 7. The highest BCUT2D eigenvalue weighted by molar-refractivity contribution is 7.99. The van der Waals surface area contributed by atoms with Crippen LogP contribution >= 0.6 is 11.8 Å². The van der Waals surface area contributed by atoms with E-state index in [9.17, 15) is 19.7 Å². The van der Waals surface area contributed by atoms with Crippen molar-refractivity contribution in [2.45, 2.75) is 38.5 Å². The van der Waals surface area contributed by atoms with Crippen LogP contribution in [0.2, 0.25) is 0 Å². The molecular weight excluding hydrogens is 444 g/mol. The van der Waals surface area contributed by atoms with Crippen LogP contribution in [-0.2, 0) is 11.3 Å². The number of carbonyl (C=O) groups excluding carboxylic acids is 2. The van der Waals surface area contributed by atoms with Gasteiger partial charge < -0.3 is 15.2 Å². The highest BCUT2D eigenvalue weighted by Gasteiger charge is 2.21. The third-order valence-corrected chi connectivity index (χ3v) is 5.75. The van der Waals surface area contributed by atoms with Gasteiger partial charge in [-0.1, -0.05) is 41.6 Å². The topological polar surface area (TPSA) is 132 Å². The minimum absolute atomic E-state index is 0.00574. The van der Waals surface area contributed by atoms with Crippen molar-refractivity contribution in [1.82, 2.24) is 20.1 Å². The van der Waals surface area contributed by atoms with Crippen LogP contribution in [0, 0.1) is 17.0 Å². The molecule has 0 aliphatic carbocycles. The number of nitrogens with one attached hydrogen (secondary N) is 2. The first-order valence-electron chi connectivity index (χ1n) is 10.3. The van der Waals surface area contributed by atoms with Crippen molar-refractivity contribution in [3.05, 3.63) is 75.6 Å². The second-order valence-corrected chi connectivity index (χ2v) is 8.20. The predicted molar refractivity (Wildman–Crippen MR) is 125 cm³/mol. The minimum atomic E-state index is -0.546. The first kappa shape index (κ1) is 23.9. The van der Waals surface area contributed by atoms with E-state index in [0.29, 0.717) is 23.1 Å². The molecule has 0 unspecified atom stereocenters. The van der Waals surface area contributed by atoms with Crippen LogP contribution in [0.4, 0.5) is 11.4 Å². The van der Waals surface area contributed by atoms with Gasteiger partial charge in [0.25, 0.3) is 11.6 Å². The van der Waals surface area contributed by atoms with E-state index in [2.05, 4.69) is 20.8 Å². The molecule has 0 aliphatic heterocycles. The van der Waals surface area contributed by atoms with Gasteiger partial charge in [-0.2, -0.15) is 0 Å². The Morgan fingerprint density at radius 2 is 1.94 bits per heavy atom. The number of amides is 2. The van der Waals surface area contributed by atoms with E-state index in [1.165, 1.54) is 18.2 Å². The van der Waals surface area contributed by atoms with Crippen LogP contribution in [-0.4, -0.2) is 37.3 Å². The maximum absolute atomic E-state index is 12.6.